The van der Waals surface area contributed by atoms with E-state index < -0.39 is 5.41 Å². The molecule has 1 aromatic carbocycles. The second-order valence-corrected chi connectivity index (χ2v) is 3.89. The van der Waals surface area contributed by atoms with Crippen LogP contribution in [0.1, 0.15) is 18.4 Å². The maximum Gasteiger partial charge on any atom is 0.145 e. The summed E-state index contributed by atoms with van der Waals surface area (Å²) in [5.41, 5.74) is 0.258. The fourth-order valence-electron chi connectivity index (χ4n) is 2.00. The molecule has 15 heavy (non-hydrogen) atoms. The molecule has 0 heterocycles. The topological polar surface area (TPSA) is 46.5 Å². The van der Waals surface area contributed by atoms with Crippen LogP contribution in [0.2, 0.25) is 0 Å². The van der Waals surface area contributed by atoms with Crippen molar-refractivity contribution in [1.82, 2.24) is 0 Å². The van der Waals surface area contributed by atoms with E-state index in [1.165, 1.54) is 0 Å². The van der Waals surface area contributed by atoms with Gasteiger partial charge in [0.2, 0.25) is 0 Å². The Morgan fingerprint density at radius 1 is 1.40 bits per heavy atom. The molecular weight excluding hydrogens is 192 g/mol. The van der Waals surface area contributed by atoms with Gasteiger partial charge in [0, 0.05) is 6.42 Å². The molecule has 0 aliphatic heterocycles. The highest BCUT2D eigenvalue weighted by Gasteiger charge is 2.46. The molecular formula is C12H14O3. The Bertz CT molecular complexity index is 365. The molecule has 0 saturated heterocycles. The largest absolute Gasteiger partial charge is 0.497 e. The number of carbonyl (C=O) groups is 1. The van der Waals surface area contributed by atoms with E-state index in [1.54, 1.807) is 7.11 Å². The fourth-order valence-corrected chi connectivity index (χ4v) is 2.00. The molecule has 2 rings (SSSR count). The molecule has 3 heteroatoms. The minimum absolute atomic E-state index is 0.0990. The van der Waals surface area contributed by atoms with Crippen molar-refractivity contribution in [3.8, 4) is 5.75 Å². The molecule has 0 aromatic heterocycles. The first-order valence-corrected chi connectivity index (χ1v) is 5.01. The van der Waals surface area contributed by atoms with E-state index in [-0.39, 0.29) is 12.4 Å². The van der Waals surface area contributed by atoms with Crippen LogP contribution >= 0.6 is 0 Å². The number of carbonyl (C=O) groups excluding carboxylic acids is 1. The van der Waals surface area contributed by atoms with Crippen molar-refractivity contribution in [2.45, 2.75) is 18.3 Å². The minimum atomic E-state index is -0.633. The Labute approximate surface area is 88.7 Å². The lowest BCUT2D eigenvalue weighted by Crippen LogP contribution is -2.48. The molecule has 3 nitrogen and oxygen atoms in total. The standard InChI is InChI=1S/C12H14O3/c1-15-10-4-2-9(3-5-10)12(8-13)7-6-11(12)14/h2-5,13H,6-8H2,1H3. The Hall–Kier alpha value is -1.35. The first-order valence-electron chi connectivity index (χ1n) is 5.01. The number of ketones is 1. The number of hydrogen-bond acceptors (Lipinski definition) is 3. The Morgan fingerprint density at radius 2 is 2.07 bits per heavy atom. The molecule has 1 saturated carbocycles. The summed E-state index contributed by atoms with van der Waals surface area (Å²) in [7, 11) is 1.60. The van der Waals surface area contributed by atoms with Gasteiger partial charge in [-0.3, -0.25) is 4.79 Å². The van der Waals surface area contributed by atoms with Crippen molar-refractivity contribution in [3.05, 3.63) is 29.8 Å². The number of aliphatic hydroxyl groups is 1. The van der Waals surface area contributed by atoms with Crippen LogP contribution < -0.4 is 4.74 Å². The van der Waals surface area contributed by atoms with Gasteiger partial charge in [-0.1, -0.05) is 12.1 Å². The highest BCUT2D eigenvalue weighted by molar-refractivity contribution is 5.96. The zero-order valence-corrected chi connectivity index (χ0v) is 8.69. The first kappa shape index (κ1) is 10.2. The highest BCUT2D eigenvalue weighted by atomic mass is 16.5. The van der Waals surface area contributed by atoms with E-state index in [1.807, 2.05) is 24.3 Å². The van der Waals surface area contributed by atoms with Crippen LogP contribution in [0.15, 0.2) is 24.3 Å². The van der Waals surface area contributed by atoms with Crippen molar-refractivity contribution in [2.75, 3.05) is 13.7 Å². The maximum absolute atomic E-state index is 11.5. The van der Waals surface area contributed by atoms with Crippen LogP contribution in [0.25, 0.3) is 0 Å². The first-order chi connectivity index (χ1) is 7.23. The lowest BCUT2D eigenvalue weighted by Gasteiger charge is -2.38. The van der Waals surface area contributed by atoms with Gasteiger partial charge < -0.3 is 9.84 Å². The predicted molar refractivity (Wildman–Crippen MR) is 56.0 cm³/mol. The third-order valence-electron chi connectivity index (χ3n) is 3.23. The number of Topliss-reactive ketones (excluding diaryl/α,β-unsaturated/α-hetero) is 1. The Balaban J connectivity index is 2.32. The fraction of sp³-hybridized carbons (Fsp3) is 0.417. The number of rotatable bonds is 3. The summed E-state index contributed by atoms with van der Waals surface area (Å²) in [5, 5.41) is 9.33. The highest BCUT2D eigenvalue weighted by Crippen LogP contribution is 2.40. The summed E-state index contributed by atoms with van der Waals surface area (Å²) in [4.78, 5) is 11.5. The van der Waals surface area contributed by atoms with Gasteiger partial charge in [-0.25, -0.2) is 0 Å². The van der Waals surface area contributed by atoms with Gasteiger partial charge in [0.15, 0.2) is 0 Å². The monoisotopic (exact) mass is 206 g/mol. The van der Waals surface area contributed by atoms with E-state index in [0.29, 0.717) is 6.42 Å². The third kappa shape index (κ3) is 1.43. The molecule has 1 N–H and O–H groups in total. The quantitative estimate of drug-likeness (QED) is 0.810. The van der Waals surface area contributed by atoms with E-state index in [4.69, 9.17) is 4.74 Å². The summed E-state index contributed by atoms with van der Waals surface area (Å²) in [6.45, 7) is -0.0990. The summed E-state index contributed by atoms with van der Waals surface area (Å²) in [5.74, 6) is 0.897. The van der Waals surface area contributed by atoms with Crippen molar-refractivity contribution in [2.24, 2.45) is 0 Å². The van der Waals surface area contributed by atoms with Crippen molar-refractivity contribution in [3.63, 3.8) is 0 Å². The van der Waals surface area contributed by atoms with Gasteiger partial charge in [-0.2, -0.15) is 0 Å². The average molecular weight is 206 g/mol. The summed E-state index contributed by atoms with van der Waals surface area (Å²) in [6, 6.07) is 7.34. The molecule has 1 fully saturated rings. The number of benzene rings is 1. The third-order valence-corrected chi connectivity index (χ3v) is 3.23. The molecule has 1 atom stereocenters. The SMILES string of the molecule is COc1ccc(C2(CO)CCC2=O)cc1. The van der Waals surface area contributed by atoms with Gasteiger partial charge >= 0.3 is 0 Å². The van der Waals surface area contributed by atoms with Crippen molar-refractivity contribution >= 4 is 5.78 Å². The molecule has 0 radical (unpaired) electrons. The molecule has 0 amide bonds. The van der Waals surface area contributed by atoms with Crippen LogP contribution in [-0.2, 0) is 10.2 Å². The number of aliphatic hydroxyl groups excluding tert-OH is 1. The van der Waals surface area contributed by atoms with E-state index >= 15 is 0 Å². The summed E-state index contributed by atoms with van der Waals surface area (Å²) in [6.07, 6.45) is 1.32. The lowest BCUT2D eigenvalue weighted by molar-refractivity contribution is -0.134. The number of methoxy groups -OCH3 is 1. The maximum atomic E-state index is 11.5. The average Bonchev–Trinajstić information content (AvgIpc) is 2.29. The zero-order chi connectivity index (χ0) is 10.9. The Kier molecular flexibility index (Phi) is 2.49. The summed E-state index contributed by atoms with van der Waals surface area (Å²) < 4.78 is 5.05. The number of ether oxygens (including phenoxy) is 1. The van der Waals surface area contributed by atoms with Crippen LogP contribution in [0.4, 0.5) is 0 Å². The van der Waals surface area contributed by atoms with E-state index in [2.05, 4.69) is 0 Å². The minimum Gasteiger partial charge on any atom is -0.497 e. The van der Waals surface area contributed by atoms with Crippen LogP contribution in [-0.4, -0.2) is 24.6 Å². The van der Waals surface area contributed by atoms with Crippen LogP contribution in [0.3, 0.4) is 0 Å². The molecule has 1 aliphatic carbocycles. The molecule has 1 aromatic rings. The van der Waals surface area contributed by atoms with Crippen molar-refractivity contribution < 1.29 is 14.6 Å². The molecule has 0 spiro atoms. The molecule has 0 bridgehead atoms. The predicted octanol–water partition coefficient (Wildman–Crippen LogP) is 1.29. The smallest absolute Gasteiger partial charge is 0.145 e. The number of hydrogen-bond donors (Lipinski definition) is 1. The summed E-state index contributed by atoms with van der Waals surface area (Å²) >= 11 is 0. The van der Waals surface area contributed by atoms with Gasteiger partial charge in [0.05, 0.1) is 19.1 Å². The second kappa shape index (κ2) is 3.66. The van der Waals surface area contributed by atoms with E-state index in [9.17, 15) is 9.90 Å². The zero-order valence-electron chi connectivity index (χ0n) is 8.69. The van der Waals surface area contributed by atoms with Gasteiger partial charge in [0.25, 0.3) is 0 Å². The van der Waals surface area contributed by atoms with Crippen LogP contribution in [0.5, 0.6) is 5.75 Å². The molecule has 80 valence electrons. The molecule has 1 aliphatic rings. The van der Waals surface area contributed by atoms with Crippen LogP contribution in [0, 0.1) is 0 Å². The second-order valence-electron chi connectivity index (χ2n) is 3.89. The molecule has 1 unspecified atom stereocenters. The lowest BCUT2D eigenvalue weighted by atomic mass is 9.64. The van der Waals surface area contributed by atoms with Gasteiger partial charge in [-0.15, -0.1) is 0 Å². The van der Waals surface area contributed by atoms with Gasteiger partial charge in [-0.05, 0) is 24.1 Å². The van der Waals surface area contributed by atoms with E-state index in [0.717, 1.165) is 17.7 Å². The normalized spacial score (nSPS) is 24.8. The Morgan fingerprint density at radius 3 is 2.40 bits per heavy atom. The van der Waals surface area contributed by atoms with Crippen molar-refractivity contribution in [1.29, 1.82) is 0 Å². The van der Waals surface area contributed by atoms with Gasteiger partial charge in [0.1, 0.15) is 11.5 Å².